The van der Waals surface area contributed by atoms with E-state index in [4.69, 9.17) is 4.74 Å². The molecule has 0 saturated carbocycles. The van der Waals surface area contributed by atoms with Gasteiger partial charge >= 0.3 is 6.09 Å². The maximum Gasteiger partial charge on any atom is 0.421 e. The monoisotopic (exact) mass is 528 g/mol. The number of carbonyl (C=O) groups is 2. The molecular formula is C35H32N2O3. The number of hydrogen-bond donors (Lipinski definition) is 1. The summed E-state index contributed by atoms with van der Waals surface area (Å²) in [6.07, 6.45) is 1.76. The highest BCUT2D eigenvalue weighted by Crippen LogP contribution is 2.55. The lowest BCUT2D eigenvalue weighted by Gasteiger charge is -2.37. The number of fused-ring (bicyclic) bond motifs is 2. The van der Waals surface area contributed by atoms with Gasteiger partial charge in [-0.05, 0) is 61.6 Å². The van der Waals surface area contributed by atoms with E-state index in [-0.39, 0.29) is 5.91 Å². The molecule has 0 aliphatic carbocycles. The predicted molar refractivity (Wildman–Crippen MR) is 159 cm³/mol. The van der Waals surface area contributed by atoms with Gasteiger partial charge in [-0.1, -0.05) is 97.1 Å². The minimum atomic E-state index is -1.12. The maximum absolute atomic E-state index is 15.1. The van der Waals surface area contributed by atoms with Gasteiger partial charge in [0.05, 0.1) is 11.1 Å². The van der Waals surface area contributed by atoms with Crippen molar-refractivity contribution in [2.45, 2.75) is 44.1 Å². The van der Waals surface area contributed by atoms with Gasteiger partial charge in [0.1, 0.15) is 5.60 Å². The number of ether oxygens (including phenoxy) is 1. The van der Waals surface area contributed by atoms with Crippen LogP contribution < -0.4 is 4.90 Å². The Labute approximate surface area is 234 Å². The Morgan fingerprint density at radius 1 is 0.850 bits per heavy atom. The number of aromatic nitrogens is 1. The summed E-state index contributed by atoms with van der Waals surface area (Å²) in [5, 5.41) is 1.05. The maximum atomic E-state index is 15.1. The number of H-pyrrole nitrogens is 1. The highest BCUT2D eigenvalue weighted by atomic mass is 16.6. The second-order valence-electron chi connectivity index (χ2n) is 11.4. The number of imide groups is 1. The van der Waals surface area contributed by atoms with E-state index in [0.29, 0.717) is 12.1 Å². The molecule has 200 valence electrons. The summed E-state index contributed by atoms with van der Waals surface area (Å²) >= 11 is 0. The van der Waals surface area contributed by atoms with E-state index in [1.165, 1.54) is 4.90 Å². The number of hydrogen-bond acceptors (Lipinski definition) is 3. The van der Waals surface area contributed by atoms with Crippen LogP contribution in [0.1, 0.15) is 48.9 Å². The highest BCUT2D eigenvalue weighted by Gasteiger charge is 2.58. The first-order valence-corrected chi connectivity index (χ1v) is 13.6. The molecule has 2 atom stereocenters. The molecule has 1 N–H and O–H groups in total. The van der Waals surface area contributed by atoms with Gasteiger partial charge in [-0.2, -0.15) is 0 Å². The van der Waals surface area contributed by atoms with Crippen LogP contribution in [0.5, 0.6) is 0 Å². The van der Waals surface area contributed by atoms with E-state index in [1.807, 2.05) is 118 Å². The van der Waals surface area contributed by atoms with Crippen LogP contribution in [0.15, 0.2) is 115 Å². The van der Waals surface area contributed by atoms with E-state index in [2.05, 4.69) is 23.2 Å². The molecule has 0 fully saturated rings. The van der Waals surface area contributed by atoms with E-state index in [0.717, 1.165) is 33.2 Å². The van der Waals surface area contributed by atoms with Crippen molar-refractivity contribution in [3.05, 3.63) is 138 Å². The number of benzene rings is 4. The van der Waals surface area contributed by atoms with Crippen LogP contribution in [-0.2, 0) is 21.4 Å². The number of rotatable bonds is 5. The van der Waals surface area contributed by atoms with Crippen molar-refractivity contribution >= 4 is 28.6 Å². The van der Waals surface area contributed by atoms with Crippen molar-refractivity contribution in [1.29, 1.82) is 0 Å². The molecule has 0 saturated heterocycles. The van der Waals surface area contributed by atoms with E-state index < -0.39 is 23.0 Å². The van der Waals surface area contributed by atoms with Crippen LogP contribution in [0.2, 0.25) is 0 Å². The lowest BCUT2D eigenvalue weighted by Crippen LogP contribution is -2.49. The molecule has 2 amide bonds. The number of carbonyl (C=O) groups excluding carboxylic acids is 2. The highest BCUT2D eigenvalue weighted by molar-refractivity contribution is 6.22. The van der Waals surface area contributed by atoms with Gasteiger partial charge < -0.3 is 9.72 Å². The Hall–Kier alpha value is -4.64. The molecule has 4 aromatic carbocycles. The summed E-state index contributed by atoms with van der Waals surface area (Å²) < 4.78 is 5.80. The molecule has 5 nitrogen and oxygen atoms in total. The van der Waals surface area contributed by atoms with E-state index in [9.17, 15) is 4.79 Å². The third kappa shape index (κ3) is 4.28. The van der Waals surface area contributed by atoms with Gasteiger partial charge in [0, 0.05) is 23.0 Å². The standard InChI is InChI=1S/C35H32N2O3/c1-34(2,3)40-33(39)37-30-21-13-11-19-28(30)35(32(37)38,22-24-14-6-4-7-15-24)31(25-16-8-5-9-17-25)27-23-36-29-20-12-10-18-26(27)29/h4-21,23,31,36H,22H2,1-3H3/t31?,35-/m0/s1. The van der Waals surface area contributed by atoms with Gasteiger partial charge in [0.2, 0.25) is 5.91 Å². The molecule has 40 heavy (non-hydrogen) atoms. The van der Waals surface area contributed by atoms with Crippen LogP contribution in [0.25, 0.3) is 10.9 Å². The second-order valence-corrected chi connectivity index (χ2v) is 11.4. The Balaban J connectivity index is 1.67. The first kappa shape index (κ1) is 25.6. The van der Waals surface area contributed by atoms with Crippen molar-refractivity contribution in [1.82, 2.24) is 4.98 Å². The zero-order valence-corrected chi connectivity index (χ0v) is 22.9. The number of nitrogens with one attached hydrogen (secondary N) is 1. The largest absolute Gasteiger partial charge is 0.443 e. The Morgan fingerprint density at radius 2 is 1.48 bits per heavy atom. The summed E-state index contributed by atoms with van der Waals surface area (Å²) in [5.41, 5.74) is 3.51. The second kappa shape index (κ2) is 9.83. The molecule has 1 unspecified atom stereocenters. The minimum Gasteiger partial charge on any atom is -0.443 e. The van der Waals surface area contributed by atoms with Crippen molar-refractivity contribution in [2.75, 3.05) is 4.90 Å². The molecule has 0 radical (unpaired) electrons. The number of nitrogens with zero attached hydrogens (tertiary/aromatic N) is 1. The molecule has 5 heteroatoms. The molecule has 1 aromatic heterocycles. The molecule has 1 aliphatic heterocycles. The molecule has 1 aliphatic rings. The van der Waals surface area contributed by atoms with Gasteiger partial charge in [-0.25, -0.2) is 9.69 Å². The summed E-state index contributed by atoms with van der Waals surface area (Å²) in [5.74, 6) is -0.683. The topological polar surface area (TPSA) is 62.4 Å². The van der Waals surface area contributed by atoms with Crippen molar-refractivity contribution in [3.63, 3.8) is 0 Å². The SMILES string of the molecule is CC(C)(C)OC(=O)N1C(=O)[C@](Cc2ccccc2)(C(c2ccccc2)c2c[nH]c3ccccc23)c2ccccc21. The van der Waals surface area contributed by atoms with Crippen molar-refractivity contribution in [2.24, 2.45) is 0 Å². The van der Waals surface area contributed by atoms with E-state index in [1.54, 1.807) is 0 Å². The lowest BCUT2D eigenvalue weighted by molar-refractivity contribution is -0.123. The number of anilines is 1. The fourth-order valence-corrected chi connectivity index (χ4v) is 6.14. The molecule has 6 rings (SSSR count). The van der Waals surface area contributed by atoms with Crippen LogP contribution in [-0.4, -0.2) is 22.6 Å². The Bertz CT molecular complexity index is 1680. The molecule has 0 bridgehead atoms. The zero-order chi connectivity index (χ0) is 27.9. The summed E-state index contributed by atoms with van der Waals surface area (Å²) in [4.78, 5) is 33.5. The number of amides is 2. The first-order valence-electron chi connectivity index (χ1n) is 13.6. The van der Waals surface area contributed by atoms with Crippen molar-refractivity contribution in [3.8, 4) is 0 Å². The molecular weight excluding hydrogens is 496 g/mol. The molecule has 2 heterocycles. The third-order valence-electron chi connectivity index (χ3n) is 7.67. The summed E-state index contributed by atoms with van der Waals surface area (Å²) in [6, 6.07) is 36.0. The third-order valence-corrected chi connectivity index (χ3v) is 7.67. The normalized spacial score (nSPS) is 17.6. The van der Waals surface area contributed by atoms with Crippen LogP contribution in [0.3, 0.4) is 0 Å². The van der Waals surface area contributed by atoms with Gasteiger partial charge in [0.25, 0.3) is 0 Å². The smallest absolute Gasteiger partial charge is 0.421 e. The van der Waals surface area contributed by atoms with Crippen LogP contribution in [0.4, 0.5) is 10.5 Å². The van der Waals surface area contributed by atoms with E-state index >= 15 is 4.79 Å². The molecule has 0 spiro atoms. The Morgan fingerprint density at radius 3 is 2.20 bits per heavy atom. The summed E-state index contributed by atoms with van der Waals surface area (Å²) in [6.45, 7) is 5.44. The zero-order valence-electron chi connectivity index (χ0n) is 22.9. The fraction of sp³-hybridized carbons (Fsp3) is 0.200. The Kier molecular flexibility index (Phi) is 6.30. The summed E-state index contributed by atoms with van der Waals surface area (Å²) in [7, 11) is 0. The van der Waals surface area contributed by atoms with Gasteiger partial charge in [-0.15, -0.1) is 0 Å². The van der Waals surface area contributed by atoms with Crippen LogP contribution >= 0.6 is 0 Å². The van der Waals surface area contributed by atoms with Crippen LogP contribution in [0, 0.1) is 0 Å². The number of aromatic amines is 1. The predicted octanol–water partition coefficient (Wildman–Crippen LogP) is 7.76. The number of para-hydroxylation sites is 2. The first-order chi connectivity index (χ1) is 19.3. The minimum absolute atomic E-state index is 0.286. The van der Waals surface area contributed by atoms with Gasteiger partial charge in [-0.3, -0.25) is 4.79 Å². The van der Waals surface area contributed by atoms with Gasteiger partial charge in [0.15, 0.2) is 0 Å². The fourth-order valence-electron chi connectivity index (χ4n) is 6.14. The molecule has 5 aromatic rings. The average molecular weight is 529 g/mol. The average Bonchev–Trinajstić information content (AvgIpc) is 3.47. The quantitative estimate of drug-likeness (QED) is 0.254. The van der Waals surface area contributed by atoms with Crippen molar-refractivity contribution < 1.29 is 14.3 Å². The lowest BCUT2D eigenvalue weighted by atomic mass is 9.62.